The first-order valence-corrected chi connectivity index (χ1v) is 9.27. The van der Waals surface area contributed by atoms with Gasteiger partial charge in [0.2, 0.25) is 0 Å². The van der Waals surface area contributed by atoms with Crippen LogP contribution >= 0.6 is 11.6 Å². The van der Waals surface area contributed by atoms with Gasteiger partial charge in [-0.15, -0.1) is 0 Å². The molecule has 3 aromatic rings. The zero-order chi connectivity index (χ0) is 19.7. The Balaban J connectivity index is 1.56. The molecule has 2 heterocycles. The van der Waals surface area contributed by atoms with Crippen LogP contribution in [0.2, 0.25) is 5.02 Å². The van der Waals surface area contributed by atoms with Crippen LogP contribution in [0, 0.1) is 10.1 Å². The summed E-state index contributed by atoms with van der Waals surface area (Å²) in [6.07, 6.45) is 1.31. The topological polar surface area (TPSA) is 95.4 Å². The summed E-state index contributed by atoms with van der Waals surface area (Å²) in [5.41, 5.74) is 1.54. The number of anilines is 1. The van der Waals surface area contributed by atoms with E-state index in [0.717, 1.165) is 30.2 Å². The Kier molecular flexibility index (Phi) is 4.97. The number of nitrogens with zero attached hydrogens (tertiary/aromatic N) is 4. The van der Waals surface area contributed by atoms with Gasteiger partial charge in [-0.3, -0.25) is 19.8 Å². The Labute approximate surface area is 165 Å². The zero-order valence-corrected chi connectivity index (χ0v) is 15.7. The largest absolute Gasteiger partial charge is 0.363 e. The molecular weight excluding hydrogens is 382 g/mol. The molecule has 1 aromatic heterocycles. The lowest BCUT2D eigenvalue weighted by Crippen LogP contribution is -2.46. The van der Waals surface area contributed by atoms with Gasteiger partial charge in [0.05, 0.1) is 22.2 Å². The van der Waals surface area contributed by atoms with Crippen LogP contribution in [0.1, 0.15) is 5.56 Å². The maximum Gasteiger partial charge on any atom is 0.293 e. The first-order valence-electron chi connectivity index (χ1n) is 8.89. The third kappa shape index (κ3) is 3.56. The molecule has 0 bridgehead atoms. The van der Waals surface area contributed by atoms with Crippen molar-refractivity contribution in [2.24, 2.45) is 0 Å². The quantitative estimate of drug-likeness (QED) is 0.535. The predicted molar refractivity (Wildman–Crippen MR) is 108 cm³/mol. The Morgan fingerprint density at radius 3 is 2.64 bits per heavy atom. The van der Waals surface area contributed by atoms with Gasteiger partial charge < -0.3 is 9.88 Å². The van der Waals surface area contributed by atoms with Crippen molar-refractivity contribution < 1.29 is 4.92 Å². The van der Waals surface area contributed by atoms with Gasteiger partial charge in [-0.05, 0) is 17.7 Å². The number of rotatable bonds is 4. The molecule has 2 aromatic carbocycles. The Morgan fingerprint density at radius 1 is 1.18 bits per heavy atom. The second-order valence-electron chi connectivity index (χ2n) is 6.70. The van der Waals surface area contributed by atoms with E-state index in [2.05, 4.69) is 14.9 Å². The Morgan fingerprint density at radius 2 is 1.93 bits per heavy atom. The maximum atomic E-state index is 11.9. The van der Waals surface area contributed by atoms with E-state index >= 15 is 0 Å². The summed E-state index contributed by atoms with van der Waals surface area (Å²) in [6.45, 7) is 3.52. The molecule has 0 atom stereocenters. The van der Waals surface area contributed by atoms with Crippen LogP contribution in [0.4, 0.5) is 11.4 Å². The molecule has 0 unspecified atom stereocenters. The monoisotopic (exact) mass is 399 g/mol. The van der Waals surface area contributed by atoms with Crippen LogP contribution in [-0.4, -0.2) is 46.0 Å². The number of hydrogen-bond donors (Lipinski definition) is 1. The van der Waals surface area contributed by atoms with Crippen LogP contribution in [0.3, 0.4) is 0 Å². The molecule has 0 aliphatic carbocycles. The van der Waals surface area contributed by atoms with Crippen molar-refractivity contribution in [1.29, 1.82) is 0 Å². The van der Waals surface area contributed by atoms with Crippen molar-refractivity contribution in [3.8, 4) is 0 Å². The number of nitro benzene ring substituents is 1. The first kappa shape index (κ1) is 18.4. The first-order chi connectivity index (χ1) is 13.5. The van der Waals surface area contributed by atoms with Crippen LogP contribution in [0.15, 0.2) is 47.5 Å². The number of hydrogen-bond acceptors (Lipinski definition) is 6. The van der Waals surface area contributed by atoms with Crippen molar-refractivity contribution in [3.05, 3.63) is 73.8 Å². The third-order valence-electron chi connectivity index (χ3n) is 5.00. The second kappa shape index (κ2) is 7.57. The van der Waals surface area contributed by atoms with Crippen LogP contribution in [0.25, 0.3) is 10.9 Å². The average Bonchev–Trinajstić information content (AvgIpc) is 2.70. The van der Waals surface area contributed by atoms with E-state index in [9.17, 15) is 14.9 Å². The highest BCUT2D eigenvalue weighted by molar-refractivity contribution is 6.31. The van der Waals surface area contributed by atoms with E-state index in [1.165, 1.54) is 12.4 Å². The molecule has 1 N–H and O–H groups in total. The number of H-pyrrole nitrogens is 1. The smallest absolute Gasteiger partial charge is 0.293 e. The molecule has 0 spiro atoms. The summed E-state index contributed by atoms with van der Waals surface area (Å²) < 4.78 is 0. The molecule has 8 nitrogen and oxygen atoms in total. The van der Waals surface area contributed by atoms with E-state index in [-0.39, 0.29) is 16.6 Å². The second-order valence-corrected chi connectivity index (χ2v) is 7.11. The molecule has 1 aliphatic heterocycles. The van der Waals surface area contributed by atoms with Crippen molar-refractivity contribution in [2.75, 3.05) is 31.1 Å². The zero-order valence-electron chi connectivity index (χ0n) is 15.0. The van der Waals surface area contributed by atoms with Gasteiger partial charge in [0.1, 0.15) is 5.69 Å². The number of piperazine rings is 1. The summed E-state index contributed by atoms with van der Waals surface area (Å²) >= 11 is 6.24. The average molecular weight is 400 g/mol. The third-order valence-corrected chi connectivity index (χ3v) is 5.37. The molecule has 1 aliphatic rings. The number of benzene rings is 2. The fourth-order valence-electron chi connectivity index (χ4n) is 3.51. The Hall–Kier alpha value is -2.97. The summed E-state index contributed by atoms with van der Waals surface area (Å²) in [5.74, 6) is 0. The van der Waals surface area contributed by atoms with Crippen molar-refractivity contribution in [1.82, 2.24) is 14.9 Å². The molecule has 1 fully saturated rings. The van der Waals surface area contributed by atoms with Crippen molar-refractivity contribution >= 4 is 33.9 Å². The highest BCUT2D eigenvalue weighted by Gasteiger charge is 2.25. The summed E-state index contributed by atoms with van der Waals surface area (Å²) in [5, 5.41) is 12.5. The number of fused-ring (bicyclic) bond motifs is 1. The number of aromatic amines is 1. The predicted octanol–water partition coefficient (Wildman–Crippen LogP) is 2.81. The van der Waals surface area contributed by atoms with Gasteiger partial charge in [-0.1, -0.05) is 29.8 Å². The minimum Gasteiger partial charge on any atom is -0.363 e. The van der Waals surface area contributed by atoms with Crippen molar-refractivity contribution in [3.63, 3.8) is 0 Å². The molecule has 0 saturated carbocycles. The SMILES string of the molecule is O=c1[nH]cnc2cc(N3CCN(Cc4ccccc4Cl)CC3)c([N+](=O)[O-])cc12. The number of aromatic nitrogens is 2. The fourth-order valence-corrected chi connectivity index (χ4v) is 3.70. The standard InChI is InChI=1S/C19H18ClN5O3/c20-15-4-2-1-3-13(15)11-23-5-7-24(8-6-23)17-10-16-14(9-18(17)25(27)28)19(26)22-12-21-16/h1-4,9-10,12H,5-8,11H2,(H,21,22,26). The fraction of sp³-hybridized carbons (Fsp3) is 0.263. The number of nitro groups is 1. The number of nitrogens with one attached hydrogen (secondary N) is 1. The molecule has 9 heteroatoms. The van der Waals surface area contributed by atoms with Gasteiger partial charge in [-0.25, -0.2) is 4.98 Å². The van der Waals surface area contributed by atoms with Gasteiger partial charge >= 0.3 is 0 Å². The molecule has 144 valence electrons. The Bertz CT molecular complexity index is 1090. The van der Waals surface area contributed by atoms with Gasteiger partial charge in [0.25, 0.3) is 11.2 Å². The summed E-state index contributed by atoms with van der Waals surface area (Å²) in [4.78, 5) is 33.9. The van der Waals surface area contributed by atoms with Gasteiger partial charge in [-0.2, -0.15) is 0 Å². The number of halogens is 1. The molecule has 4 rings (SSSR count). The van der Waals surface area contributed by atoms with E-state index in [0.29, 0.717) is 24.3 Å². The lowest BCUT2D eigenvalue weighted by molar-refractivity contribution is -0.384. The van der Waals surface area contributed by atoms with Gasteiger partial charge in [0, 0.05) is 43.8 Å². The van der Waals surface area contributed by atoms with E-state index in [4.69, 9.17) is 11.6 Å². The van der Waals surface area contributed by atoms with Crippen LogP contribution in [0.5, 0.6) is 0 Å². The van der Waals surface area contributed by atoms with Crippen LogP contribution < -0.4 is 10.5 Å². The van der Waals surface area contributed by atoms with Gasteiger partial charge in [0.15, 0.2) is 0 Å². The highest BCUT2D eigenvalue weighted by atomic mass is 35.5. The minimum absolute atomic E-state index is 0.0782. The molecule has 1 saturated heterocycles. The minimum atomic E-state index is -0.447. The van der Waals surface area contributed by atoms with E-state index < -0.39 is 4.92 Å². The van der Waals surface area contributed by atoms with Crippen LogP contribution in [-0.2, 0) is 6.54 Å². The molecule has 0 radical (unpaired) electrons. The highest BCUT2D eigenvalue weighted by Crippen LogP contribution is 2.32. The lowest BCUT2D eigenvalue weighted by atomic mass is 10.1. The maximum absolute atomic E-state index is 11.9. The van der Waals surface area contributed by atoms with E-state index in [1.54, 1.807) is 6.07 Å². The van der Waals surface area contributed by atoms with E-state index in [1.807, 2.05) is 29.2 Å². The lowest BCUT2D eigenvalue weighted by Gasteiger charge is -2.36. The normalized spacial score (nSPS) is 15.1. The summed E-state index contributed by atoms with van der Waals surface area (Å²) in [7, 11) is 0. The van der Waals surface area contributed by atoms with Crippen molar-refractivity contribution in [2.45, 2.75) is 6.54 Å². The molecular formula is C19H18ClN5O3. The molecule has 0 amide bonds. The molecule has 28 heavy (non-hydrogen) atoms. The summed E-state index contributed by atoms with van der Waals surface area (Å²) in [6, 6.07) is 10.7.